The topological polar surface area (TPSA) is 137 Å². The van der Waals surface area contributed by atoms with Gasteiger partial charge in [-0.15, -0.1) is 5.10 Å². The molecule has 0 fully saturated rings. The molecule has 0 saturated carbocycles. The molecule has 0 bridgehead atoms. The van der Waals surface area contributed by atoms with Gasteiger partial charge in [0.25, 0.3) is 11.8 Å². The van der Waals surface area contributed by atoms with Gasteiger partial charge in [0.15, 0.2) is 5.82 Å². The van der Waals surface area contributed by atoms with E-state index in [0.29, 0.717) is 46.5 Å². The molecule has 0 atom stereocenters. The van der Waals surface area contributed by atoms with Gasteiger partial charge < -0.3 is 26.8 Å². The van der Waals surface area contributed by atoms with E-state index in [9.17, 15) is 9.59 Å². The molecule has 3 aromatic rings. The Hall–Kier alpha value is -4.01. The first-order chi connectivity index (χ1) is 16.8. The molecule has 3 rings (SSSR count). The molecule has 0 aliphatic rings. The standard InChI is InChI=1S/C27H36N6O3/c1-15(2)14-30-26(35)19-10-8-17(13-21(19)36-7)23-22(24(29)34)25(31-27(4,5)6)32-33(23)20-11-9-18(28)12-16(20)3/h8-13,15H,14,28H2,1-7H3,(H2,29,34)(H,30,35)(H,31,32). The maximum atomic E-state index is 12.8. The molecule has 0 radical (unpaired) electrons. The zero-order valence-corrected chi connectivity index (χ0v) is 22.0. The number of nitrogen functional groups attached to an aromatic ring is 1. The van der Waals surface area contributed by atoms with Crippen molar-refractivity contribution in [3.63, 3.8) is 0 Å². The summed E-state index contributed by atoms with van der Waals surface area (Å²) in [6, 6.07) is 10.6. The molecule has 0 aliphatic heterocycles. The van der Waals surface area contributed by atoms with Crippen LogP contribution in [0.3, 0.4) is 0 Å². The highest BCUT2D eigenvalue weighted by molar-refractivity contribution is 6.05. The number of anilines is 2. The summed E-state index contributed by atoms with van der Waals surface area (Å²) >= 11 is 0. The van der Waals surface area contributed by atoms with Gasteiger partial charge >= 0.3 is 0 Å². The third kappa shape index (κ3) is 5.79. The molecule has 0 unspecified atom stereocenters. The number of rotatable bonds is 8. The number of nitrogens with zero attached hydrogens (tertiary/aromatic N) is 2. The second kappa shape index (κ2) is 10.3. The number of carbonyl (C=O) groups excluding carboxylic acids is 2. The molecule has 0 saturated heterocycles. The summed E-state index contributed by atoms with van der Waals surface area (Å²) in [4.78, 5) is 25.6. The van der Waals surface area contributed by atoms with Gasteiger partial charge in [-0.3, -0.25) is 9.59 Å². The van der Waals surface area contributed by atoms with Crippen molar-refractivity contribution < 1.29 is 14.3 Å². The number of primary amides is 1. The number of benzene rings is 2. The number of aromatic nitrogens is 2. The van der Waals surface area contributed by atoms with Crippen LogP contribution in [0.4, 0.5) is 11.5 Å². The predicted octanol–water partition coefficient (Wildman–Crippen LogP) is 4.13. The van der Waals surface area contributed by atoms with Crippen LogP contribution in [0.2, 0.25) is 0 Å². The highest BCUT2D eigenvalue weighted by atomic mass is 16.5. The van der Waals surface area contributed by atoms with Crippen LogP contribution in [-0.4, -0.2) is 40.8 Å². The summed E-state index contributed by atoms with van der Waals surface area (Å²) in [5.74, 6) is 0.174. The van der Waals surface area contributed by atoms with Gasteiger partial charge in [-0.2, -0.15) is 0 Å². The molecule has 9 nitrogen and oxygen atoms in total. The number of hydrogen-bond donors (Lipinski definition) is 4. The zero-order chi connectivity index (χ0) is 26.8. The van der Waals surface area contributed by atoms with E-state index in [4.69, 9.17) is 21.3 Å². The van der Waals surface area contributed by atoms with E-state index >= 15 is 0 Å². The number of nitrogens with one attached hydrogen (secondary N) is 2. The number of carbonyl (C=O) groups is 2. The SMILES string of the molecule is COc1cc(-c2c(C(N)=O)c(NC(C)(C)C)nn2-c2ccc(N)cc2C)ccc1C(=O)NCC(C)C. The lowest BCUT2D eigenvalue weighted by Gasteiger charge is -2.20. The first-order valence-electron chi connectivity index (χ1n) is 11.9. The lowest BCUT2D eigenvalue weighted by atomic mass is 10.0. The summed E-state index contributed by atoms with van der Waals surface area (Å²) in [6.45, 7) is 12.4. The average Bonchev–Trinajstić information content (AvgIpc) is 3.14. The third-order valence-electron chi connectivity index (χ3n) is 5.46. The lowest BCUT2D eigenvalue weighted by molar-refractivity contribution is 0.0944. The van der Waals surface area contributed by atoms with Crippen molar-refractivity contribution in [2.75, 3.05) is 24.7 Å². The zero-order valence-electron chi connectivity index (χ0n) is 22.0. The molecule has 36 heavy (non-hydrogen) atoms. The quantitative estimate of drug-likeness (QED) is 0.349. The molecular weight excluding hydrogens is 456 g/mol. The molecule has 0 aliphatic carbocycles. The van der Waals surface area contributed by atoms with Crippen LogP contribution in [0, 0.1) is 12.8 Å². The summed E-state index contributed by atoms with van der Waals surface area (Å²) in [5.41, 5.74) is 15.4. The van der Waals surface area contributed by atoms with Crippen molar-refractivity contribution in [1.29, 1.82) is 0 Å². The van der Waals surface area contributed by atoms with E-state index in [1.807, 2.05) is 53.7 Å². The highest BCUT2D eigenvalue weighted by Gasteiger charge is 2.28. The molecule has 6 N–H and O–H groups in total. The van der Waals surface area contributed by atoms with Crippen molar-refractivity contribution in [1.82, 2.24) is 15.1 Å². The van der Waals surface area contributed by atoms with Crippen LogP contribution in [0.25, 0.3) is 16.9 Å². The van der Waals surface area contributed by atoms with Gasteiger partial charge in [-0.05, 0) is 69.5 Å². The number of methoxy groups -OCH3 is 1. The van der Waals surface area contributed by atoms with Gasteiger partial charge in [0.1, 0.15) is 11.3 Å². The molecular formula is C27H36N6O3. The van der Waals surface area contributed by atoms with Crippen LogP contribution < -0.4 is 26.8 Å². The monoisotopic (exact) mass is 492 g/mol. The van der Waals surface area contributed by atoms with E-state index in [1.165, 1.54) is 7.11 Å². The van der Waals surface area contributed by atoms with E-state index < -0.39 is 5.91 Å². The van der Waals surface area contributed by atoms with Crippen molar-refractivity contribution >= 4 is 23.3 Å². The van der Waals surface area contributed by atoms with Gasteiger partial charge in [-0.25, -0.2) is 4.68 Å². The predicted molar refractivity (Wildman–Crippen MR) is 144 cm³/mol. The van der Waals surface area contributed by atoms with Crippen molar-refractivity contribution in [2.45, 2.75) is 47.1 Å². The number of ether oxygens (including phenoxy) is 1. The highest BCUT2D eigenvalue weighted by Crippen LogP contribution is 2.36. The fourth-order valence-corrected chi connectivity index (χ4v) is 3.87. The van der Waals surface area contributed by atoms with Crippen LogP contribution >= 0.6 is 0 Å². The Morgan fingerprint density at radius 1 is 1.14 bits per heavy atom. The van der Waals surface area contributed by atoms with Crippen LogP contribution in [0.15, 0.2) is 36.4 Å². The lowest BCUT2D eigenvalue weighted by Crippen LogP contribution is -2.28. The Morgan fingerprint density at radius 2 is 1.83 bits per heavy atom. The first-order valence-corrected chi connectivity index (χ1v) is 11.9. The first kappa shape index (κ1) is 26.6. The molecule has 1 heterocycles. The minimum absolute atomic E-state index is 0.236. The molecule has 2 aromatic carbocycles. The maximum Gasteiger partial charge on any atom is 0.255 e. The Bertz CT molecular complexity index is 1290. The summed E-state index contributed by atoms with van der Waals surface area (Å²) < 4.78 is 7.25. The average molecular weight is 493 g/mol. The largest absolute Gasteiger partial charge is 0.496 e. The number of hydrogen-bond acceptors (Lipinski definition) is 6. The summed E-state index contributed by atoms with van der Waals surface area (Å²) in [6.07, 6.45) is 0. The van der Waals surface area contributed by atoms with Crippen LogP contribution in [-0.2, 0) is 0 Å². The normalized spacial score (nSPS) is 11.4. The molecule has 2 amide bonds. The fraction of sp³-hybridized carbons (Fsp3) is 0.370. The van der Waals surface area contributed by atoms with Crippen molar-refractivity contribution in [3.8, 4) is 22.7 Å². The molecule has 0 spiro atoms. The van der Waals surface area contributed by atoms with Crippen molar-refractivity contribution in [2.24, 2.45) is 11.7 Å². The second-order valence-corrected chi connectivity index (χ2v) is 10.3. The summed E-state index contributed by atoms with van der Waals surface area (Å²) in [7, 11) is 1.50. The Labute approximate surface area is 212 Å². The van der Waals surface area contributed by atoms with Crippen LogP contribution in [0.5, 0.6) is 5.75 Å². The molecule has 1 aromatic heterocycles. The Kier molecular flexibility index (Phi) is 7.62. The number of aryl methyl sites for hydroxylation is 1. The fourth-order valence-electron chi connectivity index (χ4n) is 3.87. The smallest absolute Gasteiger partial charge is 0.255 e. The van der Waals surface area contributed by atoms with E-state index in [2.05, 4.69) is 10.6 Å². The van der Waals surface area contributed by atoms with Gasteiger partial charge in [-0.1, -0.05) is 19.9 Å². The van der Waals surface area contributed by atoms with Gasteiger partial charge in [0, 0.05) is 23.3 Å². The minimum Gasteiger partial charge on any atom is -0.496 e. The number of amides is 2. The third-order valence-corrected chi connectivity index (χ3v) is 5.46. The Balaban J connectivity index is 2.27. The Morgan fingerprint density at radius 3 is 2.39 bits per heavy atom. The van der Waals surface area contributed by atoms with E-state index in [-0.39, 0.29) is 17.0 Å². The van der Waals surface area contributed by atoms with Gasteiger partial charge in [0.2, 0.25) is 0 Å². The maximum absolute atomic E-state index is 12.8. The van der Waals surface area contributed by atoms with Crippen molar-refractivity contribution in [3.05, 3.63) is 53.1 Å². The van der Waals surface area contributed by atoms with Crippen LogP contribution in [0.1, 0.15) is 60.9 Å². The van der Waals surface area contributed by atoms with Gasteiger partial charge in [0.05, 0.1) is 24.1 Å². The van der Waals surface area contributed by atoms with E-state index in [1.54, 1.807) is 28.9 Å². The van der Waals surface area contributed by atoms with E-state index in [0.717, 1.165) is 11.3 Å². The second-order valence-electron chi connectivity index (χ2n) is 10.3. The molecule has 192 valence electrons. The number of nitrogens with two attached hydrogens (primary N) is 2. The summed E-state index contributed by atoms with van der Waals surface area (Å²) in [5, 5.41) is 11.0. The molecule has 9 heteroatoms. The minimum atomic E-state index is -0.631.